The molecule has 0 saturated carbocycles. The number of nitrogens with two attached hydrogens (primary N) is 1. The molecular formula is C9H18N4O2. The Morgan fingerprint density at radius 1 is 1.47 bits per heavy atom. The summed E-state index contributed by atoms with van der Waals surface area (Å²) >= 11 is 0. The van der Waals surface area contributed by atoms with Gasteiger partial charge in [0.05, 0.1) is 0 Å². The molecule has 3 N–H and O–H groups in total. The summed E-state index contributed by atoms with van der Waals surface area (Å²) in [5, 5.41) is 10.7. The molecule has 0 fully saturated rings. The van der Waals surface area contributed by atoms with Gasteiger partial charge in [-0.15, -0.1) is 5.10 Å². The molecule has 6 heteroatoms. The second-order valence-corrected chi connectivity index (χ2v) is 3.02. The third-order valence-electron chi connectivity index (χ3n) is 1.77. The van der Waals surface area contributed by atoms with Crippen LogP contribution in [0.4, 0.5) is 6.01 Å². The van der Waals surface area contributed by atoms with E-state index in [0.29, 0.717) is 24.9 Å². The van der Waals surface area contributed by atoms with E-state index >= 15 is 0 Å². The monoisotopic (exact) mass is 214 g/mol. The van der Waals surface area contributed by atoms with E-state index in [1.165, 1.54) is 0 Å². The highest BCUT2D eigenvalue weighted by Crippen LogP contribution is 2.05. The van der Waals surface area contributed by atoms with Gasteiger partial charge in [0.2, 0.25) is 5.89 Å². The third-order valence-corrected chi connectivity index (χ3v) is 1.77. The number of nitrogens with zero attached hydrogens (tertiary/aromatic N) is 2. The van der Waals surface area contributed by atoms with Crippen molar-refractivity contribution >= 4 is 6.01 Å². The van der Waals surface area contributed by atoms with Gasteiger partial charge in [0.25, 0.3) is 0 Å². The van der Waals surface area contributed by atoms with E-state index in [2.05, 4.69) is 15.5 Å². The minimum Gasteiger partial charge on any atom is -0.408 e. The molecule has 0 radical (unpaired) electrons. The molecule has 0 spiro atoms. The molecule has 15 heavy (non-hydrogen) atoms. The van der Waals surface area contributed by atoms with E-state index in [-0.39, 0.29) is 0 Å². The first-order chi connectivity index (χ1) is 7.36. The molecule has 1 aromatic rings. The number of hydrogen-bond acceptors (Lipinski definition) is 6. The van der Waals surface area contributed by atoms with E-state index in [1.54, 1.807) is 0 Å². The zero-order chi connectivity index (χ0) is 10.9. The molecule has 0 aliphatic heterocycles. The molecule has 0 saturated heterocycles. The molecule has 0 aliphatic carbocycles. The van der Waals surface area contributed by atoms with Gasteiger partial charge < -0.3 is 20.2 Å². The Bertz CT molecular complexity index is 264. The van der Waals surface area contributed by atoms with Gasteiger partial charge in [-0.2, -0.15) is 0 Å². The highest BCUT2D eigenvalue weighted by atomic mass is 16.5. The summed E-state index contributed by atoms with van der Waals surface area (Å²) in [7, 11) is 0. The number of nitrogens with one attached hydrogen (secondary N) is 1. The van der Waals surface area contributed by atoms with Gasteiger partial charge >= 0.3 is 6.01 Å². The van der Waals surface area contributed by atoms with Crippen molar-refractivity contribution in [3.63, 3.8) is 0 Å². The van der Waals surface area contributed by atoms with Gasteiger partial charge in [-0.25, -0.2) is 0 Å². The minimum atomic E-state index is 0.454. The van der Waals surface area contributed by atoms with Crippen LogP contribution in [0.15, 0.2) is 4.42 Å². The Kier molecular flexibility index (Phi) is 5.72. The molecule has 1 heterocycles. The van der Waals surface area contributed by atoms with Crippen molar-refractivity contribution in [1.29, 1.82) is 0 Å². The highest BCUT2D eigenvalue weighted by molar-refractivity contribution is 5.16. The molecule has 0 amide bonds. The average Bonchev–Trinajstić information content (AvgIpc) is 2.66. The van der Waals surface area contributed by atoms with Crippen molar-refractivity contribution in [2.75, 3.05) is 31.6 Å². The standard InChI is InChI=1S/C9H18N4O2/c1-2-14-7-3-6-11-9-13-12-8(15-9)4-5-10/h2-7,10H2,1H3,(H,11,13). The third kappa shape index (κ3) is 4.75. The first-order valence-electron chi connectivity index (χ1n) is 5.21. The maximum Gasteiger partial charge on any atom is 0.315 e. The number of rotatable bonds is 8. The Morgan fingerprint density at radius 2 is 2.33 bits per heavy atom. The van der Waals surface area contributed by atoms with Crippen LogP contribution in [0.2, 0.25) is 0 Å². The fourth-order valence-electron chi connectivity index (χ4n) is 1.06. The molecule has 0 unspecified atom stereocenters. The van der Waals surface area contributed by atoms with Gasteiger partial charge in [-0.05, 0) is 13.3 Å². The summed E-state index contributed by atoms with van der Waals surface area (Å²) in [6.07, 6.45) is 1.54. The molecule has 0 atom stereocenters. The Morgan fingerprint density at radius 3 is 3.07 bits per heavy atom. The Labute approximate surface area is 89.2 Å². The average molecular weight is 214 g/mol. The lowest BCUT2D eigenvalue weighted by atomic mass is 10.4. The predicted octanol–water partition coefficient (Wildman–Crippen LogP) is 0.409. The van der Waals surface area contributed by atoms with Crippen LogP contribution in [-0.2, 0) is 11.2 Å². The van der Waals surface area contributed by atoms with E-state index in [9.17, 15) is 0 Å². The summed E-state index contributed by atoms with van der Waals surface area (Å²) in [5.41, 5.74) is 5.36. The van der Waals surface area contributed by atoms with Gasteiger partial charge in [-0.1, -0.05) is 5.10 Å². The highest BCUT2D eigenvalue weighted by Gasteiger charge is 2.03. The lowest BCUT2D eigenvalue weighted by molar-refractivity contribution is 0.147. The van der Waals surface area contributed by atoms with E-state index in [4.69, 9.17) is 14.9 Å². The number of aromatic nitrogens is 2. The first kappa shape index (κ1) is 11.9. The predicted molar refractivity (Wildman–Crippen MR) is 56.7 cm³/mol. The molecule has 0 bridgehead atoms. The smallest absolute Gasteiger partial charge is 0.315 e. The van der Waals surface area contributed by atoms with Gasteiger partial charge in [0.15, 0.2) is 0 Å². The first-order valence-corrected chi connectivity index (χ1v) is 5.21. The van der Waals surface area contributed by atoms with Crippen LogP contribution in [-0.4, -0.2) is 36.5 Å². The van der Waals surface area contributed by atoms with E-state index < -0.39 is 0 Å². The molecule has 1 rings (SSSR count). The van der Waals surface area contributed by atoms with Crippen molar-refractivity contribution in [1.82, 2.24) is 10.2 Å². The summed E-state index contributed by atoms with van der Waals surface area (Å²) in [5.74, 6) is 0.574. The zero-order valence-electron chi connectivity index (χ0n) is 9.03. The van der Waals surface area contributed by atoms with Gasteiger partial charge in [-0.3, -0.25) is 0 Å². The molecule has 6 nitrogen and oxygen atoms in total. The van der Waals surface area contributed by atoms with Crippen LogP contribution < -0.4 is 11.1 Å². The van der Waals surface area contributed by atoms with E-state index in [1.807, 2.05) is 6.92 Å². The normalized spacial score (nSPS) is 10.5. The Balaban J connectivity index is 2.14. The molecule has 1 aromatic heterocycles. The summed E-state index contributed by atoms with van der Waals surface area (Å²) in [6.45, 7) is 4.76. The lowest BCUT2D eigenvalue weighted by Gasteiger charge is -2.01. The van der Waals surface area contributed by atoms with Gasteiger partial charge in [0, 0.05) is 32.7 Å². The summed E-state index contributed by atoms with van der Waals surface area (Å²) < 4.78 is 10.5. The number of hydrogen-bond donors (Lipinski definition) is 2. The topological polar surface area (TPSA) is 86.2 Å². The van der Waals surface area contributed by atoms with Crippen LogP contribution in [0, 0.1) is 0 Å². The molecule has 86 valence electrons. The van der Waals surface area contributed by atoms with Crippen LogP contribution in [0.3, 0.4) is 0 Å². The molecule has 0 aromatic carbocycles. The second-order valence-electron chi connectivity index (χ2n) is 3.02. The van der Waals surface area contributed by atoms with Crippen molar-refractivity contribution in [2.24, 2.45) is 5.73 Å². The van der Waals surface area contributed by atoms with Crippen molar-refractivity contribution < 1.29 is 9.15 Å². The van der Waals surface area contributed by atoms with Crippen LogP contribution in [0.5, 0.6) is 0 Å². The van der Waals surface area contributed by atoms with Crippen molar-refractivity contribution in [3.05, 3.63) is 5.89 Å². The number of anilines is 1. The maximum absolute atomic E-state index is 5.36. The molecular weight excluding hydrogens is 196 g/mol. The summed E-state index contributed by atoms with van der Waals surface area (Å²) in [6, 6.07) is 0.454. The van der Waals surface area contributed by atoms with Gasteiger partial charge in [0.1, 0.15) is 0 Å². The fourth-order valence-corrected chi connectivity index (χ4v) is 1.06. The van der Waals surface area contributed by atoms with Crippen LogP contribution >= 0.6 is 0 Å². The Hall–Kier alpha value is -1.14. The zero-order valence-corrected chi connectivity index (χ0v) is 9.03. The van der Waals surface area contributed by atoms with Crippen molar-refractivity contribution in [3.8, 4) is 0 Å². The van der Waals surface area contributed by atoms with Crippen LogP contribution in [0.1, 0.15) is 19.2 Å². The van der Waals surface area contributed by atoms with E-state index in [0.717, 1.165) is 26.2 Å². The second kappa shape index (κ2) is 7.19. The SMILES string of the molecule is CCOCCCNc1nnc(CCN)o1. The molecule has 0 aliphatic rings. The largest absolute Gasteiger partial charge is 0.408 e. The quantitative estimate of drug-likeness (QED) is 0.609. The van der Waals surface area contributed by atoms with Crippen LogP contribution in [0.25, 0.3) is 0 Å². The van der Waals surface area contributed by atoms with Crippen molar-refractivity contribution in [2.45, 2.75) is 19.8 Å². The lowest BCUT2D eigenvalue weighted by Crippen LogP contribution is -2.05. The maximum atomic E-state index is 5.36. The minimum absolute atomic E-state index is 0.454. The summed E-state index contributed by atoms with van der Waals surface area (Å²) in [4.78, 5) is 0. The fraction of sp³-hybridized carbons (Fsp3) is 0.778. The number of ether oxygens (including phenoxy) is 1.